The van der Waals surface area contributed by atoms with Crippen molar-refractivity contribution in [2.75, 3.05) is 5.73 Å². The van der Waals surface area contributed by atoms with Crippen LogP contribution < -0.4 is 10.5 Å². The topological polar surface area (TPSA) is 59.0 Å². The fourth-order valence-corrected chi connectivity index (χ4v) is 1.46. The van der Waals surface area contributed by atoms with Crippen molar-refractivity contribution < 1.29 is 4.74 Å². The van der Waals surface area contributed by atoms with Crippen LogP contribution in [0.15, 0.2) is 48.5 Å². The molecule has 0 radical (unpaired) electrons. The Morgan fingerprint density at radius 1 is 1.11 bits per heavy atom. The van der Waals surface area contributed by atoms with Crippen LogP contribution in [-0.4, -0.2) is 0 Å². The molecule has 0 atom stereocenters. The third-order valence-corrected chi connectivity index (χ3v) is 2.34. The van der Waals surface area contributed by atoms with Gasteiger partial charge in [-0.3, -0.25) is 0 Å². The molecule has 0 saturated carbocycles. The molecule has 0 aliphatic rings. The average molecular weight is 261 g/mol. The van der Waals surface area contributed by atoms with Crippen molar-refractivity contribution >= 4 is 18.1 Å². The lowest BCUT2D eigenvalue weighted by molar-refractivity contribution is 0.306. The molecule has 18 heavy (non-hydrogen) atoms. The molecule has 0 unspecified atom stereocenters. The summed E-state index contributed by atoms with van der Waals surface area (Å²) in [7, 11) is 0. The zero-order valence-corrected chi connectivity index (χ0v) is 10.5. The Hall–Kier alpha value is -2.18. The highest BCUT2D eigenvalue weighted by atomic mass is 35.5. The summed E-state index contributed by atoms with van der Waals surface area (Å²) in [6.45, 7) is 0.444. The Balaban J connectivity index is 0.00000162. The maximum Gasteiger partial charge on any atom is 0.119 e. The van der Waals surface area contributed by atoms with Crippen LogP contribution >= 0.6 is 12.4 Å². The summed E-state index contributed by atoms with van der Waals surface area (Å²) in [6.07, 6.45) is 0. The molecule has 0 saturated heterocycles. The van der Waals surface area contributed by atoms with E-state index in [0.29, 0.717) is 17.9 Å². The minimum Gasteiger partial charge on any atom is -0.489 e. The molecule has 0 fully saturated rings. The van der Waals surface area contributed by atoms with E-state index in [9.17, 15) is 0 Å². The number of nitriles is 1. The molecule has 2 aromatic carbocycles. The molecule has 0 spiro atoms. The van der Waals surface area contributed by atoms with Gasteiger partial charge in [-0.25, -0.2) is 0 Å². The third-order valence-electron chi connectivity index (χ3n) is 2.34. The van der Waals surface area contributed by atoms with Crippen LogP contribution in [-0.2, 0) is 6.61 Å². The summed E-state index contributed by atoms with van der Waals surface area (Å²) < 4.78 is 5.58. The first-order valence-electron chi connectivity index (χ1n) is 5.25. The number of hydrogen-bond acceptors (Lipinski definition) is 3. The molecule has 0 aliphatic heterocycles. The van der Waals surface area contributed by atoms with E-state index in [1.165, 1.54) is 0 Å². The van der Waals surface area contributed by atoms with Gasteiger partial charge in [0.1, 0.15) is 12.4 Å². The van der Waals surface area contributed by atoms with Crippen LogP contribution in [0.1, 0.15) is 11.1 Å². The zero-order chi connectivity index (χ0) is 12.1. The lowest BCUT2D eigenvalue weighted by Crippen LogP contribution is -1.96. The van der Waals surface area contributed by atoms with Crippen LogP contribution in [0.2, 0.25) is 0 Å². The summed E-state index contributed by atoms with van der Waals surface area (Å²) in [5.74, 6) is 0.765. The van der Waals surface area contributed by atoms with E-state index in [0.717, 1.165) is 11.3 Å². The van der Waals surface area contributed by atoms with Crippen LogP contribution in [0.3, 0.4) is 0 Å². The van der Waals surface area contributed by atoms with Crippen molar-refractivity contribution in [2.24, 2.45) is 0 Å². The normalized spacial score (nSPS) is 9.06. The van der Waals surface area contributed by atoms with E-state index in [4.69, 9.17) is 15.7 Å². The summed E-state index contributed by atoms with van der Waals surface area (Å²) in [4.78, 5) is 0. The van der Waals surface area contributed by atoms with E-state index < -0.39 is 0 Å². The number of rotatable bonds is 3. The van der Waals surface area contributed by atoms with Crippen molar-refractivity contribution in [3.63, 3.8) is 0 Å². The van der Waals surface area contributed by atoms with Crippen molar-refractivity contribution in [3.05, 3.63) is 59.7 Å². The first-order chi connectivity index (χ1) is 8.28. The Morgan fingerprint density at radius 2 is 1.83 bits per heavy atom. The fraction of sp³-hybridized carbons (Fsp3) is 0.0714. The van der Waals surface area contributed by atoms with Gasteiger partial charge in [-0.15, -0.1) is 12.4 Å². The summed E-state index contributed by atoms with van der Waals surface area (Å²) in [5, 5.41) is 8.77. The van der Waals surface area contributed by atoms with Crippen LogP contribution in [0.5, 0.6) is 5.75 Å². The first kappa shape index (κ1) is 13.9. The number of nitrogen functional groups attached to an aromatic ring is 1. The molecule has 0 aromatic heterocycles. The smallest absolute Gasteiger partial charge is 0.119 e. The lowest BCUT2D eigenvalue weighted by Gasteiger charge is -2.06. The number of benzene rings is 2. The largest absolute Gasteiger partial charge is 0.489 e. The predicted molar refractivity (Wildman–Crippen MR) is 73.6 cm³/mol. The molecular formula is C14H13ClN2O. The van der Waals surface area contributed by atoms with Gasteiger partial charge in [0.05, 0.1) is 11.6 Å². The second-order valence-corrected chi connectivity index (χ2v) is 3.67. The van der Waals surface area contributed by atoms with Gasteiger partial charge < -0.3 is 10.5 Å². The van der Waals surface area contributed by atoms with Crippen molar-refractivity contribution in [1.82, 2.24) is 0 Å². The zero-order valence-electron chi connectivity index (χ0n) is 9.67. The van der Waals surface area contributed by atoms with Crippen LogP contribution in [0, 0.1) is 11.3 Å². The minimum absolute atomic E-state index is 0. The van der Waals surface area contributed by atoms with Gasteiger partial charge in [-0.1, -0.05) is 12.1 Å². The number of halogens is 1. The molecule has 2 aromatic rings. The molecule has 0 bridgehead atoms. The van der Waals surface area contributed by atoms with Crippen LogP contribution in [0.4, 0.5) is 5.69 Å². The van der Waals surface area contributed by atoms with E-state index in [1.54, 1.807) is 18.2 Å². The SMILES string of the molecule is Cl.N#Cc1cccc(COc2ccc(N)cc2)c1. The van der Waals surface area contributed by atoms with Crippen molar-refractivity contribution in [3.8, 4) is 11.8 Å². The van der Waals surface area contributed by atoms with Crippen molar-refractivity contribution in [2.45, 2.75) is 6.61 Å². The number of ether oxygens (including phenoxy) is 1. The van der Waals surface area contributed by atoms with Gasteiger partial charge in [-0.2, -0.15) is 5.26 Å². The number of anilines is 1. The van der Waals surface area contributed by atoms with Gasteiger partial charge in [-0.05, 0) is 42.0 Å². The third kappa shape index (κ3) is 3.69. The molecule has 0 amide bonds. The maximum absolute atomic E-state index is 8.77. The Labute approximate surface area is 112 Å². The highest BCUT2D eigenvalue weighted by molar-refractivity contribution is 5.85. The van der Waals surface area contributed by atoms with Gasteiger partial charge in [0.25, 0.3) is 0 Å². The van der Waals surface area contributed by atoms with E-state index in [2.05, 4.69) is 6.07 Å². The molecule has 0 heterocycles. The highest BCUT2D eigenvalue weighted by Gasteiger charge is 1.97. The summed E-state index contributed by atoms with van der Waals surface area (Å²) in [6, 6.07) is 16.7. The quantitative estimate of drug-likeness (QED) is 0.863. The maximum atomic E-state index is 8.77. The molecule has 2 rings (SSSR count). The average Bonchev–Trinajstić information content (AvgIpc) is 2.38. The minimum atomic E-state index is 0. The Kier molecular flexibility index (Phi) is 5.04. The van der Waals surface area contributed by atoms with Gasteiger partial charge in [0.2, 0.25) is 0 Å². The molecular weight excluding hydrogens is 248 g/mol. The second kappa shape index (κ2) is 6.53. The number of nitrogens with zero attached hydrogens (tertiary/aromatic N) is 1. The predicted octanol–water partition coefficient (Wildman–Crippen LogP) is 3.14. The van der Waals surface area contributed by atoms with Gasteiger partial charge in [0.15, 0.2) is 0 Å². The van der Waals surface area contributed by atoms with E-state index >= 15 is 0 Å². The standard InChI is InChI=1S/C14H12N2O.ClH/c15-9-11-2-1-3-12(8-11)10-17-14-6-4-13(16)5-7-14;/h1-8H,10,16H2;1H. The Bertz CT molecular complexity index is 546. The van der Waals surface area contributed by atoms with Crippen LogP contribution in [0.25, 0.3) is 0 Å². The van der Waals surface area contributed by atoms with E-state index in [-0.39, 0.29) is 12.4 Å². The number of nitrogens with two attached hydrogens (primary N) is 1. The molecule has 4 heteroatoms. The summed E-state index contributed by atoms with van der Waals surface area (Å²) in [5.41, 5.74) is 7.91. The molecule has 2 N–H and O–H groups in total. The van der Waals surface area contributed by atoms with Gasteiger partial charge in [0, 0.05) is 5.69 Å². The lowest BCUT2D eigenvalue weighted by atomic mass is 10.1. The Morgan fingerprint density at radius 3 is 2.50 bits per heavy atom. The summed E-state index contributed by atoms with van der Waals surface area (Å²) >= 11 is 0. The molecule has 92 valence electrons. The monoisotopic (exact) mass is 260 g/mol. The fourth-order valence-electron chi connectivity index (χ4n) is 1.46. The van der Waals surface area contributed by atoms with E-state index in [1.807, 2.05) is 30.3 Å². The number of hydrogen-bond donors (Lipinski definition) is 1. The molecule has 3 nitrogen and oxygen atoms in total. The molecule has 0 aliphatic carbocycles. The van der Waals surface area contributed by atoms with Gasteiger partial charge >= 0.3 is 0 Å². The highest BCUT2D eigenvalue weighted by Crippen LogP contribution is 2.15. The van der Waals surface area contributed by atoms with Crippen molar-refractivity contribution in [1.29, 1.82) is 5.26 Å². The first-order valence-corrected chi connectivity index (χ1v) is 5.25. The second-order valence-electron chi connectivity index (χ2n) is 3.67.